The molecular weight excluding hydrogens is 394 g/mol. The molecule has 6 heteroatoms. The lowest BCUT2D eigenvalue weighted by Crippen LogP contribution is -2.27. The molecule has 31 heavy (non-hydrogen) atoms. The van der Waals surface area contributed by atoms with E-state index in [-0.39, 0.29) is 23.2 Å². The number of rotatable bonds is 7. The van der Waals surface area contributed by atoms with Crippen molar-refractivity contribution in [2.45, 2.75) is 39.1 Å². The highest BCUT2D eigenvalue weighted by molar-refractivity contribution is 5.78. The van der Waals surface area contributed by atoms with E-state index in [9.17, 15) is 10.1 Å². The molecule has 0 amide bonds. The van der Waals surface area contributed by atoms with Crippen LogP contribution in [0.4, 0.5) is 0 Å². The van der Waals surface area contributed by atoms with Gasteiger partial charge in [0.15, 0.2) is 5.79 Å². The van der Waals surface area contributed by atoms with Gasteiger partial charge in [-0.15, -0.1) is 0 Å². The van der Waals surface area contributed by atoms with Crippen molar-refractivity contribution in [1.82, 2.24) is 0 Å². The van der Waals surface area contributed by atoms with Crippen molar-refractivity contribution in [2.24, 2.45) is 17.3 Å². The Balaban J connectivity index is 1.43. The Morgan fingerprint density at radius 2 is 1.77 bits per heavy atom. The third-order valence-electron chi connectivity index (χ3n) is 6.28. The summed E-state index contributed by atoms with van der Waals surface area (Å²) in [5.41, 5.74) is 0.349. The summed E-state index contributed by atoms with van der Waals surface area (Å²) in [4.78, 5) is 12.9. The largest absolute Gasteiger partial charge is 0.457 e. The van der Waals surface area contributed by atoms with E-state index in [4.69, 9.17) is 18.9 Å². The van der Waals surface area contributed by atoms with Gasteiger partial charge in [0.2, 0.25) is 6.10 Å². The van der Waals surface area contributed by atoms with Gasteiger partial charge < -0.3 is 18.9 Å². The number of carbonyl (C=O) groups excluding carboxylic acids is 1. The third-order valence-corrected chi connectivity index (χ3v) is 6.28. The molecule has 162 valence electrons. The Hall–Kier alpha value is -2.88. The molecule has 2 aliphatic rings. The molecule has 2 aromatic carbocycles. The summed E-state index contributed by atoms with van der Waals surface area (Å²) in [5, 5.41) is 9.67. The Bertz CT molecular complexity index is 975. The Kier molecular flexibility index (Phi) is 5.74. The number of ether oxygens (including phenoxy) is 4. The number of para-hydroxylation sites is 1. The van der Waals surface area contributed by atoms with E-state index < -0.39 is 11.9 Å². The molecular formula is C25H27NO5. The maximum atomic E-state index is 12.9. The highest BCUT2D eigenvalue weighted by Crippen LogP contribution is 2.62. The quantitative estimate of drug-likeness (QED) is 0.585. The van der Waals surface area contributed by atoms with E-state index in [2.05, 4.69) is 6.07 Å². The second kappa shape index (κ2) is 8.33. The molecule has 2 fully saturated rings. The average molecular weight is 421 g/mol. The maximum Gasteiger partial charge on any atom is 0.311 e. The second-order valence-corrected chi connectivity index (χ2v) is 8.87. The van der Waals surface area contributed by atoms with Gasteiger partial charge in [0.25, 0.3) is 0 Å². The highest BCUT2D eigenvalue weighted by atomic mass is 16.7. The van der Waals surface area contributed by atoms with Crippen molar-refractivity contribution in [3.8, 4) is 17.6 Å². The van der Waals surface area contributed by atoms with E-state index >= 15 is 0 Å². The van der Waals surface area contributed by atoms with E-state index in [1.807, 2.05) is 51.1 Å². The summed E-state index contributed by atoms with van der Waals surface area (Å²) in [6, 6.07) is 18.5. The zero-order chi connectivity index (χ0) is 22.1. The van der Waals surface area contributed by atoms with Crippen LogP contribution in [0.25, 0.3) is 0 Å². The van der Waals surface area contributed by atoms with Crippen LogP contribution in [0.3, 0.4) is 0 Å². The number of esters is 1. The standard InChI is InChI=1S/C25H27NO5/c1-24(2)20(15-25(3)28-12-13-29-25)22(24)23(27)31-21(16-26)17-8-7-11-19(14-17)30-18-9-5-4-6-10-18/h4-11,14,20-22H,12-13,15H2,1-3H3/t20-,21?,22-/m0/s1. The summed E-state index contributed by atoms with van der Waals surface area (Å²) >= 11 is 0. The molecule has 1 aliphatic carbocycles. The van der Waals surface area contributed by atoms with Gasteiger partial charge in [0.1, 0.15) is 17.6 Å². The minimum absolute atomic E-state index is 0.0789. The van der Waals surface area contributed by atoms with Crippen LogP contribution in [0, 0.1) is 28.6 Å². The fourth-order valence-electron chi connectivity index (χ4n) is 4.39. The smallest absolute Gasteiger partial charge is 0.311 e. The van der Waals surface area contributed by atoms with Crippen LogP contribution >= 0.6 is 0 Å². The van der Waals surface area contributed by atoms with Crippen LogP contribution in [-0.2, 0) is 19.0 Å². The molecule has 0 aromatic heterocycles. The molecule has 3 atom stereocenters. The van der Waals surface area contributed by atoms with Crippen molar-refractivity contribution in [3.05, 3.63) is 60.2 Å². The van der Waals surface area contributed by atoms with Gasteiger partial charge in [-0.05, 0) is 42.5 Å². The molecule has 1 unspecified atom stereocenters. The molecule has 0 spiro atoms. The number of hydrogen-bond acceptors (Lipinski definition) is 6. The highest BCUT2D eigenvalue weighted by Gasteiger charge is 2.64. The first kappa shape index (κ1) is 21.4. The van der Waals surface area contributed by atoms with Crippen molar-refractivity contribution in [1.29, 1.82) is 5.26 Å². The lowest BCUT2D eigenvalue weighted by Gasteiger charge is -2.22. The summed E-state index contributed by atoms with van der Waals surface area (Å²) in [5.74, 6) is 0.0319. The van der Waals surface area contributed by atoms with E-state index in [0.29, 0.717) is 36.7 Å². The Morgan fingerprint density at radius 1 is 1.10 bits per heavy atom. The van der Waals surface area contributed by atoms with Crippen molar-refractivity contribution >= 4 is 5.97 Å². The average Bonchev–Trinajstić information content (AvgIpc) is 3.05. The van der Waals surface area contributed by atoms with Gasteiger partial charge in [-0.3, -0.25) is 4.79 Å². The lowest BCUT2D eigenvalue weighted by molar-refractivity contribution is -0.155. The van der Waals surface area contributed by atoms with Gasteiger partial charge in [-0.1, -0.05) is 44.2 Å². The zero-order valence-electron chi connectivity index (χ0n) is 18.0. The van der Waals surface area contributed by atoms with Crippen molar-refractivity contribution < 1.29 is 23.7 Å². The molecule has 1 saturated carbocycles. The lowest BCUT2D eigenvalue weighted by atomic mass is 10.0. The van der Waals surface area contributed by atoms with Crippen molar-refractivity contribution in [3.63, 3.8) is 0 Å². The summed E-state index contributed by atoms with van der Waals surface area (Å²) < 4.78 is 22.9. The summed E-state index contributed by atoms with van der Waals surface area (Å²) in [6.07, 6.45) is -0.379. The van der Waals surface area contributed by atoms with Crippen LogP contribution in [0.1, 0.15) is 38.9 Å². The molecule has 0 radical (unpaired) electrons. The monoisotopic (exact) mass is 421 g/mol. The second-order valence-electron chi connectivity index (χ2n) is 8.87. The normalized spacial score (nSPS) is 24.1. The molecule has 6 nitrogen and oxygen atoms in total. The molecule has 0 N–H and O–H groups in total. The van der Waals surface area contributed by atoms with Crippen LogP contribution in [0.2, 0.25) is 0 Å². The van der Waals surface area contributed by atoms with E-state index in [1.54, 1.807) is 24.3 Å². The number of benzene rings is 2. The van der Waals surface area contributed by atoms with E-state index in [1.165, 1.54) is 0 Å². The Morgan fingerprint density at radius 3 is 2.45 bits per heavy atom. The first-order valence-electron chi connectivity index (χ1n) is 10.5. The van der Waals surface area contributed by atoms with Gasteiger partial charge >= 0.3 is 5.97 Å². The van der Waals surface area contributed by atoms with Crippen LogP contribution in [-0.4, -0.2) is 25.0 Å². The van der Waals surface area contributed by atoms with Gasteiger partial charge in [-0.25, -0.2) is 0 Å². The minimum Gasteiger partial charge on any atom is -0.457 e. The molecule has 1 heterocycles. The molecule has 4 rings (SSSR count). The number of hydrogen-bond donors (Lipinski definition) is 0. The summed E-state index contributed by atoms with van der Waals surface area (Å²) in [6.45, 7) is 7.12. The molecule has 2 aromatic rings. The first-order chi connectivity index (χ1) is 14.8. The van der Waals surface area contributed by atoms with Gasteiger partial charge in [0, 0.05) is 12.0 Å². The molecule has 1 saturated heterocycles. The number of nitriles is 1. The maximum absolute atomic E-state index is 12.9. The fraction of sp³-hybridized carbons (Fsp3) is 0.440. The molecule has 1 aliphatic heterocycles. The van der Waals surface area contributed by atoms with E-state index in [0.717, 1.165) is 0 Å². The minimum atomic E-state index is -1.00. The van der Waals surface area contributed by atoms with Crippen LogP contribution in [0.5, 0.6) is 11.5 Å². The van der Waals surface area contributed by atoms with Crippen LogP contribution < -0.4 is 4.74 Å². The summed E-state index contributed by atoms with van der Waals surface area (Å²) in [7, 11) is 0. The van der Waals surface area contributed by atoms with Gasteiger partial charge in [-0.2, -0.15) is 5.26 Å². The first-order valence-corrected chi connectivity index (χ1v) is 10.5. The zero-order valence-corrected chi connectivity index (χ0v) is 18.0. The van der Waals surface area contributed by atoms with Crippen molar-refractivity contribution in [2.75, 3.05) is 13.2 Å². The van der Waals surface area contributed by atoms with Crippen LogP contribution in [0.15, 0.2) is 54.6 Å². The predicted octanol–water partition coefficient (Wildman–Crippen LogP) is 5.01. The SMILES string of the molecule is CC1(C[C@H]2[C@@H](C(=O)OC(C#N)c3cccc(Oc4ccccc4)c3)C2(C)C)OCCO1. The predicted molar refractivity (Wildman–Crippen MR) is 113 cm³/mol. The van der Waals surface area contributed by atoms with Gasteiger partial charge in [0.05, 0.1) is 19.1 Å². The topological polar surface area (TPSA) is 77.8 Å². The fourth-order valence-corrected chi connectivity index (χ4v) is 4.39. The third kappa shape index (κ3) is 4.58. The number of carbonyl (C=O) groups is 1. The molecule has 0 bridgehead atoms. The Labute approximate surface area is 182 Å². The number of nitrogens with zero attached hydrogens (tertiary/aromatic N) is 1.